The van der Waals surface area contributed by atoms with E-state index in [0.29, 0.717) is 5.92 Å². The van der Waals surface area contributed by atoms with Crippen molar-refractivity contribution in [3.05, 3.63) is 37.6 Å². The molecule has 0 bridgehead atoms. The van der Waals surface area contributed by atoms with Crippen molar-refractivity contribution in [3.63, 3.8) is 0 Å². The van der Waals surface area contributed by atoms with Crippen LogP contribution in [0.4, 0.5) is 0 Å². The maximum Gasteiger partial charge on any atom is 0.114 e. The molecule has 3 heteroatoms. The molecule has 0 saturated heterocycles. The Morgan fingerprint density at radius 2 is 1.72 bits per heavy atom. The molecule has 18 heavy (non-hydrogen) atoms. The van der Waals surface area contributed by atoms with Crippen LogP contribution in [0.5, 0.6) is 0 Å². The van der Waals surface area contributed by atoms with Crippen molar-refractivity contribution in [3.8, 4) is 0 Å². The SMILES string of the molecule is C=C.C=C/C(=C\C)OCC1CCC(CN)CC1.Cl. The van der Waals surface area contributed by atoms with Gasteiger partial charge in [-0.05, 0) is 63.1 Å². The number of nitrogens with two attached hydrogens (primary N) is 1. The fourth-order valence-electron chi connectivity index (χ4n) is 2.11. The van der Waals surface area contributed by atoms with Gasteiger partial charge in [0.1, 0.15) is 5.76 Å². The van der Waals surface area contributed by atoms with E-state index >= 15 is 0 Å². The van der Waals surface area contributed by atoms with Crippen LogP contribution in [0.2, 0.25) is 0 Å². The number of ether oxygens (including phenoxy) is 1. The molecule has 2 N–H and O–H groups in total. The molecule has 0 aliphatic heterocycles. The van der Waals surface area contributed by atoms with Gasteiger partial charge in [0.25, 0.3) is 0 Å². The van der Waals surface area contributed by atoms with Gasteiger partial charge in [-0.2, -0.15) is 0 Å². The topological polar surface area (TPSA) is 35.2 Å². The van der Waals surface area contributed by atoms with Gasteiger partial charge >= 0.3 is 0 Å². The first-order valence-electron chi connectivity index (χ1n) is 6.41. The van der Waals surface area contributed by atoms with E-state index in [1.54, 1.807) is 6.08 Å². The van der Waals surface area contributed by atoms with E-state index in [1.165, 1.54) is 25.7 Å². The molecule has 1 saturated carbocycles. The second-order valence-corrected chi connectivity index (χ2v) is 4.33. The molecular weight excluding hydrogens is 246 g/mol. The van der Waals surface area contributed by atoms with E-state index in [1.807, 2.05) is 13.0 Å². The summed E-state index contributed by atoms with van der Waals surface area (Å²) in [5.74, 6) is 2.36. The Balaban J connectivity index is 0. The Kier molecular flexibility index (Phi) is 13.9. The summed E-state index contributed by atoms with van der Waals surface area (Å²) in [5, 5.41) is 0. The summed E-state index contributed by atoms with van der Waals surface area (Å²) >= 11 is 0. The Labute approximate surface area is 118 Å². The van der Waals surface area contributed by atoms with Crippen molar-refractivity contribution < 1.29 is 4.74 Å². The van der Waals surface area contributed by atoms with Gasteiger partial charge in [-0.1, -0.05) is 6.58 Å². The van der Waals surface area contributed by atoms with Gasteiger partial charge in [0.05, 0.1) is 6.61 Å². The van der Waals surface area contributed by atoms with Gasteiger partial charge in [0, 0.05) is 0 Å². The molecule has 0 unspecified atom stereocenters. The maximum absolute atomic E-state index is 5.66. The molecule has 0 heterocycles. The van der Waals surface area contributed by atoms with Crippen molar-refractivity contribution in [1.29, 1.82) is 0 Å². The molecule has 0 aromatic rings. The van der Waals surface area contributed by atoms with Crippen LogP contribution >= 0.6 is 12.4 Å². The van der Waals surface area contributed by atoms with Gasteiger partial charge < -0.3 is 10.5 Å². The van der Waals surface area contributed by atoms with Crippen LogP contribution in [0.1, 0.15) is 32.6 Å². The summed E-state index contributed by atoms with van der Waals surface area (Å²) in [5.41, 5.74) is 5.66. The molecule has 106 valence electrons. The number of allylic oxidation sites excluding steroid dienone is 2. The second-order valence-electron chi connectivity index (χ2n) is 4.33. The van der Waals surface area contributed by atoms with Crippen LogP contribution in [0, 0.1) is 11.8 Å². The lowest BCUT2D eigenvalue weighted by Crippen LogP contribution is -2.23. The van der Waals surface area contributed by atoms with E-state index in [9.17, 15) is 0 Å². The lowest BCUT2D eigenvalue weighted by atomic mass is 9.82. The minimum Gasteiger partial charge on any atom is -0.494 e. The summed E-state index contributed by atoms with van der Waals surface area (Å²) < 4.78 is 5.66. The van der Waals surface area contributed by atoms with Crippen LogP contribution < -0.4 is 5.73 Å². The summed E-state index contributed by atoms with van der Waals surface area (Å²) in [7, 11) is 0. The molecule has 2 nitrogen and oxygen atoms in total. The summed E-state index contributed by atoms with van der Waals surface area (Å²) in [6.45, 7) is 13.4. The third kappa shape index (κ3) is 7.57. The van der Waals surface area contributed by atoms with Crippen molar-refractivity contribution in [2.45, 2.75) is 32.6 Å². The van der Waals surface area contributed by atoms with Gasteiger partial charge in [-0.15, -0.1) is 25.6 Å². The van der Waals surface area contributed by atoms with Crippen molar-refractivity contribution >= 4 is 12.4 Å². The third-order valence-corrected chi connectivity index (χ3v) is 3.27. The lowest BCUT2D eigenvalue weighted by molar-refractivity contribution is 0.136. The third-order valence-electron chi connectivity index (χ3n) is 3.27. The fourth-order valence-corrected chi connectivity index (χ4v) is 2.11. The van der Waals surface area contributed by atoms with Crippen molar-refractivity contribution in [1.82, 2.24) is 0 Å². The predicted molar refractivity (Wildman–Crippen MR) is 82.9 cm³/mol. The summed E-state index contributed by atoms with van der Waals surface area (Å²) in [6.07, 6.45) is 8.78. The zero-order valence-electron chi connectivity index (χ0n) is 11.6. The zero-order chi connectivity index (χ0) is 13.1. The van der Waals surface area contributed by atoms with Gasteiger partial charge in [-0.25, -0.2) is 0 Å². The highest BCUT2D eigenvalue weighted by Crippen LogP contribution is 2.28. The standard InChI is InChI=1S/C13H23NO.C2H4.ClH/c1-3-13(4-2)15-10-12-7-5-11(9-14)6-8-12;1-2;/h3-4,11-12H,1,5-10,14H2,2H3;1-2H2;1H/b13-4+;;. The Hall–Kier alpha value is -0.730. The summed E-state index contributed by atoms with van der Waals surface area (Å²) in [4.78, 5) is 0. The number of rotatable bonds is 5. The summed E-state index contributed by atoms with van der Waals surface area (Å²) in [6, 6.07) is 0. The van der Waals surface area contributed by atoms with E-state index in [-0.39, 0.29) is 12.4 Å². The van der Waals surface area contributed by atoms with Crippen molar-refractivity contribution in [2.24, 2.45) is 17.6 Å². The van der Waals surface area contributed by atoms with Crippen LogP contribution in [0.3, 0.4) is 0 Å². The number of hydrogen-bond donors (Lipinski definition) is 1. The molecule has 0 atom stereocenters. The zero-order valence-corrected chi connectivity index (χ0v) is 12.4. The highest BCUT2D eigenvalue weighted by Gasteiger charge is 2.20. The highest BCUT2D eigenvalue weighted by atomic mass is 35.5. The highest BCUT2D eigenvalue weighted by molar-refractivity contribution is 5.85. The van der Waals surface area contributed by atoms with E-state index in [2.05, 4.69) is 19.7 Å². The Bertz CT molecular complexity index is 233. The average molecular weight is 274 g/mol. The molecule has 0 aromatic heterocycles. The molecule has 0 spiro atoms. The molecule has 0 amide bonds. The van der Waals surface area contributed by atoms with Crippen LogP contribution in [0.25, 0.3) is 0 Å². The van der Waals surface area contributed by atoms with Gasteiger partial charge in [-0.3, -0.25) is 0 Å². The first kappa shape index (κ1) is 19.6. The van der Waals surface area contributed by atoms with E-state index in [4.69, 9.17) is 10.5 Å². The van der Waals surface area contributed by atoms with E-state index in [0.717, 1.165) is 24.8 Å². The molecule has 0 radical (unpaired) electrons. The van der Waals surface area contributed by atoms with Crippen molar-refractivity contribution in [2.75, 3.05) is 13.2 Å². The number of hydrogen-bond acceptors (Lipinski definition) is 2. The van der Waals surface area contributed by atoms with Crippen LogP contribution in [-0.4, -0.2) is 13.2 Å². The fraction of sp³-hybridized carbons (Fsp3) is 0.600. The minimum absolute atomic E-state index is 0. The molecule has 1 aliphatic carbocycles. The Morgan fingerprint density at radius 1 is 1.22 bits per heavy atom. The quantitative estimate of drug-likeness (QED) is 0.465. The lowest BCUT2D eigenvalue weighted by Gasteiger charge is -2.27. The molecule has 1 aliphatic rings. The average Bonchev–Trinajstić information content (AvgIpc) is 2.43. The molecule has 0 aromatic carbocycles. The maximum atomic E-state index is 5.66. The Morgan fingerprint density at radius 3 is 2.11 bits per heavy atom. The second kappa shape index (κ2) is 12.7. The monoisotopic (exact) mass is 273 g/mol. The van der Waals surface area contributed by atoms with Crippen LogP contribution in [-0.2, 0) is 4.74 Å². The molecular formula is C15H28ClNO. The number of halogens is 1. The van der Waals surface area contributed by atoms with Gasteiger partial charge in [0.15, 0.2) is 0 Å². The normalized spacial score (nSPS) is 23.1. The predicted octanol–water partition coefficient (Wildman–Crippen LogP) is 4.08. The minimum atomic E-state index is 0. The first-order chi connectivity index (χ1) is 8.30. The first-order valence-corrected chi connectivity index (χ1v) is 6.41. The van der Waals surface area contributed by atoms with E-state index < -0.39 is 0 Å². The van der Waals surface area contributed by atoms with Crippen LogP contribution in [0.15, 0.2) is 37.6 Å². The van der Waals surface area contributed by atoms with Gasteiger partial charge in [0.2, 0.25) is 0 Å². The molecule has 1 fully saturated rings. The largest absolute Gasteiger partial charge is 0.494 e. The molecule has 1 rings (SSSR count). The smallest absolute Gasteiger partial charge is 0.114 e.